The maximum Gasteiger partial charge on any atom is 0.262 e. The number of ether oxygens (including phenoxy) is 1. The zero-order chi connectivity index (χ0) is 24.4. The monoisotopic (exact) mass is 471 g/mol. The molecule has 7 nitrogen and oxygen atoms in total. The first kappa shape index (κ1) is 25.9. The molecule has 0 spiro atoms. The Morgan fingerprint density at radius 3 is 2.55 bits per heavy atom. The molecule has 1 unspecified atom stereocenters. The molecule has 0 aliphatic carbocycles. The second-order valence-corrected chi connectivity index (χ2v) is 8.29. The standard InChI is InChI=1S/C25H30ClN3O4/c1-5-7-19-13-17(14-22(23(19)30)33-6-2)15-27-29-25(32)21(12-16(3)4)28-24(31)18-8-10-20(26)11-9-18/h5,8-11,13-16,21,30H,1,6-7,12H2,2-4H3,(H,28,31)(H,29,32). The van der Waals surface area contributed by atoms with E-state index in [1.165, 1.54) is 6.21 Å². The molecule has 0 fully saturated rings. The largest absolute Gasteiger partial charge is 0.504 e. The van der Waals surface area contributed by atoms with Gasteiger partial charge in [0, 0.05) is 16.1 Å². The molecule has 0 saturated carbocycles. The van der Waals surface area contributed by atoms with Gasteiger partial charge < -0.3 is 15.2 Å². The van der Waals surface area contributed by atoms with E-state index in [0.717, 1.165) is 0 Å². The lowest BCUT2D eigenvalue weighted by Gasteiger charge is -2.19. The van der Waals surface area contributed by atoms with Crippen molar-refractivity contribution in [3.05, 3.63) is 70.8 Å². The van der Waals surface area contributed by atoms with Crippen LogP contribution in [0.4, 0.5) is 0 Å². The number of allylic oxidation sites excluding steroid dienone is 1. The Morgan fingerprint density at radius 2 is 1.94 bits per heavy atom. The van der Waals surface area contributed by atoms with Crippen molar-refractivity contribution in [3.63, 3.8) is 0 Å². The molecule has 3 N–H and O–H groups in total. The maximum atomic E-state index is 12.7. The Labute approximate surface area is 199 Å². The number of rotatable bonds is 11. The third-order valence-electron chi connectivity index (χ3n) is 4.66. The van der Waals surface area contributed by atoms with Gasteiger partial charge in [-0.2, -0.15) is 5.10 Å². The minimum absolute atomic E-state index is 0.0554. The van der Waals surface area contributed by atoms with E-state index in [1.807, 2.05) is 20.8 Å². The average molecular weight is 472 g/mol. The summed E-state index contributed by atoms with van der Waals surface area (Å²) in [6.45, 7) is 9.83. The van der Waals surface area contributed by atoms with Crippen LogP contribution < -0.4 is 15.5 Å². The van der Waals surface area contributed by atoms with Gasteiger partial charge in [0.25, 0.3) is 11.8 Å². The number of hydrogen-bond donors (Lipinski definition) is 3. The highest BCUT2D eigenvalue weighted by molar-refractivity contribution is 6.30. The summed E-state index contributed by atoms with van der Waals surface area (Å²) in [5.74, 6) is -0.247. The molecule has 0 heterocycles. The second-order valence-electron chi connectivity index (χ2n) is 7.85. The molecule has 0 radical (unpaired) electrons. The average Bonchev–Trinajstić information content (AvgIpc) is 2.76. The number of halogens is 1. The van der Waals surface area contributed by atoms with E-state index >= 15 is 0 Å². The molecule has 2 amide bonds. The van der Waals surface area contributed by atoms with Crippen LogP contribution in [-0.2, 0) is 11.2 Å². The van der Waals surface area contributed by atoms with Gasteiger partial charge in [-0.3, -0.25) is 9.59 Å². The topological polar surface area (TPSA) is 100 Å². The van der Waals surface area contributed by atoms with Gasteiger partial charge in [0.15, 0.2) is 11.5 Å². The van der Waals surface area contributed by atoms with Gasteiger partial charge in [-0.1, -0.05) is 31.5 Å². The number of carbonyl (C=O) groups is 2. The molecule has 2 aromatic rings. The van der Waals surface area contributed by atoms with Crippen LogP contribution in [0.5, 0.6) is 11.5 Å². The van der Waals surface area contributed by atoms with E-state index < -0.39 is 11.9 Å². The minimum atomic E-state index is -0.763. The predicted octanol–water partition coefficient (Wildman–Crippen LogP) is 4.47. The van der Waals surface area contributed by atoms with Crippen molar-refractivity contribution in [1.82, 2.24) is 10.7 Å². The Bertz CT molecular complexity index is 1000. The Balaban J connectivity index is 2.13. The lowest BCUT2D eigenvalue weighted by molar-refractivity contribution is -0.123. The maximum absolute atomic E-state index is 12.7. The number of nitrogens with zero attached hydrogens (tertiary/aromatic N) is 1. The summed E-state index contributed by atoms with van der Waals surface area (Å²) in [7, 11) is 0. The van der Waals surface area contributed by atoms with Crippen molar-refractivity contribution in [3.8, 4) is 11.5 Å². The van der Waals surface area contributed by atoms with Gasteiger partial charge in [0.05, 0.1) is 12.8 Å². The van der Waals surface area contributed by atoms with Crippen LogP contribution in [0.3, 0.4) is 0 Å². The molecular formula is C25H30ClN3O4. The first-order valence-electron chi connectivity index (χ1n) is 10.7. The molecule has 0 saturated heterocycles. The SMILES string of the molecule is C=CCc1cc(C=NNC(=O)C(CC(C)C)NC(=O)c2ccc(Cl)cc2)cc(OCC)c1O. The highest BCUT2D eigenvalue weighted by Crippen LogP contribution is 2.31. The van der Waals surface area contributed by atoms with Crippen molar-refractivity contribution >= 4 is 29.6 Å². The van der Waals surface area contributed by atoms with Crippen molar-refractivity contribution in [2.75, 3.05) is 6.61 Å². The van der Waals surface area contributed by atoms with Crippen LogP contribution in [0.15, 0.2) is 54.2 Å². The summed E-state index contributed by atoms with van der Waals surface area (Å²) in [6, 6.07) is 9.04. The quantitative estimate of drug-likeness (QED) is 0.256. The molecule has 0 aliphatic rings. The van der Waals surface area contributed by atoms with Crippen LogP contribution in [0, 0.1) is 5.92 Å². The normalized spacial score (nSPS) is 11.9. The van der Waals surface area contributed by atoms with Crippen LogP contribution in [0.1, 0.15) is 48.7 Å². The van der Waals surface area contributed by atoms with Crippen molar-refractivity contribution in [1.29, 1.82) is 0 Å². The number of nitrogens with one attached hydrogen (secondary N) is 2. The number of aromatic hydroxyl groups is 1. The third kappa shape index (κ3) is 7.95. The van der Waals surface area contributed by atoms with Gasteiger partial charge in [0.2, 0.25) is 0 Å². The molecule has 33 heavy (non-hydrogen) atoms. The number of benzene rings is 2. The zero-order valence-corrected chi connectivity index (χ0v) is 19.9. The molecule has 2 aromatic carbocycles. The predicted molar refractivity (Wildman–Crippen MR) is 131 cm³/mol. The highest BCUT2D eigenvalue weighted by Gasteiger charge is 2.22. The fourth-order valence-corrected chi connectivity index (χ4v) is 3.26. The first-order chi connectivity index (χ1) is 15.7. The number of phenols is 1. The van der Waals surface area contributed by atoms with E-state index in [4.69, 9.17) is 16.3 Å². The van der Waals surface area contributed by atoms with Gasteiger partial charge in [0.1, 0.15) is 6.04 Å². The van der Waals surface area contributed by atoms with Crippen LogP contribution in [-0.4, -0.2) is 35.8 Å². The third-order valence-corrected chi connectivity index (χ3v) is 4.92. The molecule has 8 heteroatoms. The summed E-state index contributed by atoms with van der Waals surface area (Å²) in [6.07, 6.45) is 4.03. The Kier molecular flexibility index (Phi) is 9.94. The van der Waals surface area contributed by atoms with Crippen molar-refractivity contribution < 1.29 is 19.4 Å². The minimum Gasteiger partial charge on any atom is -0.504 e. The van der Waals surface area contributed by atoms with Crippen molar-refractivity contribution in [2.45, 2.75) is 39.7 Å². The fourth-order valence-electron chi connectivity index (χ4n) is 3.13. The molecular weight excluding hydrogens is 442 g/mol. The van der Waals surface area contributed by atoms with Crippen LogP contribution in [0.25, 0.3) is 0 Å². The fraction of sp³-hybridized carbons (Fsp3) is 0.320. The Hall–Kier alpha value is -3.32. The Morgan fingerprint density at radius 1 is 1.24 bits per heavy atom. The van der Waals surface area contributed by atoms with Crippen LogP contribution in [0.2, 0.25) is 5.02 Å². The van der Waals surface area contributed by atoms with Crippen molar-refractivity contribution in [2.24, 2.45) is 11.0 Å². The van der Waals surface area contributed by atoms with E-state index in [2.05, 4.69) is 22.4 Å². The van der Waals surface area contributed by atoms with Gasteiger partial charge in [-0.15, -0.1) is 6.58 Å². The summed E-state index contributed by atoms with van der Waals surface area (Å²) in [5.41, 5.74) is 4.17. The summed E-state index contributed by atoms with van der Waals surface area (Å²) >= 11 is 5.87. The van der Waals surface area contributed by atoms with E-state index in [9.17, 15) is 14.7 Å². The van der Waals surface area contributed by atoms with E-state index in [1.54, 1.807) is 42.5 Å². The van der Waals surface area contributed by atoms with Gasteiger partial charge in [-0.05, 0) is 67.6 Å². The molecule has 0 bridgehead atoms. The van der Waals surface area contributed by atoms with Gasteiger partial charge in [-0.25, -0.2) is 5.43 Å². The van der Waals surface area contributed by atoms with E-state index in [0.29, 0.717) is 46.9 Å². The molecule has 0 aliphatic heterocycles. The highest BCUT2D eigenvalue weighted by atomic mass is 35.5. The number of hydrogen-bond acceptors (Lipinski definition) is 5. The van der Waals surface area contributed by atoms with Gasteiger partial charge >= 0.3 is 0 Å². The molecule has 0 aromatic heterocycles. The lowest BCUT2D eigenvalue weighted by Crippen LogP contribution is -2.46. The molecule has 2 rings (SSSR count). The number of carbonyl (C=O) groups excluding carboxylic acids is 2. The van der Waals surface area contributed by atoms with E-state index in [-0.39, 0.29) is 17.6 Å². The number of hydrazone groups is 1. The zero-order valence-electron chi connectivity index (χ0n) is 19.1. The number of phenolic OH excluding ortho intramolecular Hbond substituents is 1. The molecule has 176 valence electrons. The summed E-state index contributed by atoms with van der Waals surface area (Å²) < 4.78 is 5.48. The summed E-state index contributed by atoms with van der Waals surface area (Å²) in [4.78, 5) is 25.3. The first-order valence-corrected chi connectivity index (χ1v) is 11.1. The second kappa shape index (κ2) is 12.6. The molecule has 1 atom stereocenters. The smallest absolute Gasteiger partial charge is 0.262 e. The lowest BCUT2D eigenvalue weighted by atomic mass is 10.0. The number of amides is 2. The van der Waals surface area contributed by atoms with Crippen LogP contribution >= 0.6 is 11.6 Å². The summed E-state index contributed by atoms with van der Waals surface area (Å²) in [5, 5.41) is 17.6.